The lowest BCUT2D eigenvalue weighted by Crippen LogP contribution is -2.36. The number of ketones is 1. The van der Waals surface area contributed by atoms with E-state index in [4.69, 9.17) is 4.74 Å². The normalized spacial score (nSPS) is 24.3. The van der Waals surface area contributed by atoms with Crippen LogP contribution in [-0.2, 0) is 9.53 Å². The Morgan fingerprint density at radius 2 is 1.79 bits per heavy atom. The van der Waals surface area contributed by atoms with Crippen molar-refractivity contribution in [2.24, 2.45) is 0 Å². The number of Topliss-reactive ketones (excluding diaryl/α,β-unsaturated/α-hetero) is 1. The van der Waals surface area contributed by atoms with Crippen LogP contribution < -0.4 is 5.56 Å². The van der Waals surface area contributed by atoms with Gasteiger partial charge in [-0.15, -0.1) is 0 Å². The summed E-state index contributed by atoms with van der Waals surface area (Å²) in [5.41, 5.74) is 0.340. The first kappa shape index (κ1) is 22.1. The van der Waals surface area contributed by atoms with Gasteiger partial charge in [0.1, 0.15) is 18.0 Å². The number of carbonyl (C=O) groups is 3. The number of rotatable bonds is 6. The summed E-state index contributed by atoms with van der Waals surface area (Å²) in [6.07, 6.45) is -3.36. The maximum atomic E-state index is 12.5. The van der Waals surface area contributed by atoms with E-state index < -0.39 is 41.9 Å². The van der Waals surface area contributed by atoms with Crippen LogP contribution in [0.2, 0.25) is 0 Å². The van der Waals surface area contributed by atoms with Crippen molar-refractivity contribution in [1.29, 1.82) is 0 Å². The number of imide groups is 1. The van der Waals surface area contributed by atoms with Crippen LogP contribution in [0.5, 0.6) is 0 Å². The standard InChI is InChI=1S/C22H21N5O7/c1-10-24-18-15(19(31)25-10)23-9-27(18)22-17(30)16(29)14(34-22)7-6-11(28)8-26-20(32)12-4-2-3-5-13(12)21(26)33/h2-5,9,14,16-17,22,29-30H,6-8H2,1H3,(H,24,25,31)/t14-,16+,17?,22-/m1/s1. The largest absolute Gasteiger partial charge is 0.388 e. The summed E-state index contributed by atoms with van der Waals surface area (Å²) < 4.78 is 7.17. The van der Waals surface area contributed by atoms with Crippen molar-refractivity contribution in [3.8, 4) is 0 Å². The number of aryl methyl sites for hydroxylation is 1. The van der Waals surface area contributed by atoms with E-state index in [-0.39, 0.29) is 47.5 Å². The number of hydrogen-bond donors (Lipinski definition) is 3. The second kappa shape index (κ2) is 8.24. The molecule has 12 nitrogen and oxygen atoms in total. The first-order valence-corrected chi connectivity index (χ1v) is 10.7. The molecule has 2 amide bonds. The molecule has 5 rings (SSSR count). The molecule has 0 spiro atoms. The molecule has 4 atom stereocenters. The third-order valence-electron chi connectivity index (χ3n) is 6.08. The van der Waals surface area contributed by atoms with Crippen molar-refractivity contribution in [2.45, 2.75) is 44.3 Å². The molecular weight excluding hydrogens is 446 g/mol. The van der Waals surface area contributed by atoms with Gasteiger partial charge in [0, 0.05) is 6.42 Å². The Balaban J connectivity index is 1.25. The summed E-state index contributed by atoms with van der Waals surface area (Å²) in [7, 11) is 0. The number of imidazole rings is 1. The van der Waals surface area contributed by atoms with E-state index in [1.165, 1.54) is 23.0 Å². The highest BCUT2D eigenvalue weighted by Gasteiger charge is 2.44. The minimum absolute atomic E-state index is 0.0520. The number of nitrogens with zero attached hydrogens (tertiary/aromatic N) is 4. The zero-order valence-corrected chi connectivity index (χ0v) is 18.0. The van der Waals surface area contributed by atoms with Crippen LogP contribution in [-0.4, -0.2) is 77.1 Å². The Hall–Kier alpha value is -3.74. The predicted octanol–water partition coefficient (Wildman–Crippen LogP) is -0.307. The summed E-state index contributed by atoms with van der Waals surface area (Å²) in [5.74, 6) is -1.08. The zero-order valence-electron chi connectivity index (χ0n) is 18.0. The van der Waals surface area contributed by atoms with Gasteiger partial charge in [-0.05, 0) is 25.5 Å². The molecule has 176 valence electrons. The average Bonchev–Trinajstić information content (AvgIpc) is 3.43. The molecule has 1 unspecified atom stereocenters. The Morgan fingerprint density at radius 1 is 1.12 bits per heavy atom. The van der Waals surface area contributed by atoms with Gasteiger partial charge in [0.25, 0.3) is 17.4 Å². The van der Waals surface area contributed by atoms with E-state index in [9.17, 15) is 29.4 Å². The SMILES string of the molecule is Cc1nc2c(ncn2[C@@H]2O[C@H](CCC(=O)CN3C(=O)c4ccccc4C3=O)[C@H](O)C2O)c(=O)[nH]1. The zero-order chi connectivity index (χ0) is 24.1. The molecule has 0 aliphatic carbocycles. The Kier molecular flexibility index (Phi) is 5.35. The lowest BCUT2D eigenvalue weighted by molar-refractivity contribution is -0.120. The maximum absolute atomic E-state index is 12.5. The van der Waals surface area contributed by atoms with Crippen LogP contribution in [0.1, 0.15) is 45.6 Å². The van der Waals surface area contributed by atoms with Crippen molar-refractivity contribution in [2.75, 3.05) is 6.54 Å². The first-order chi connectivity index (χ1) is 16.3. The number of fused-ring (bicyclic) bond motifs is 2. The lowest BCUT2D eigenvalue weighted by atomic mass is 10.0. The van der Waals surface area contributed by atoms with E-state index in [0.717, 1.165) is 4.90 Å². The van der Waals surface area contributed by atoms with Crippen LogP contribution in [0, 0.1) is 6.92 Å². The molecule has 3 N–H and O–H groups in total. The number of carbonyl (C=O) groups excluding carboxylic acids is 3. The smallest absolute Gasteiger partial charge is 0.279 e. The van der Waals surface area contributed by atoms with Gasteiger partial charge >= 0.3 is 0 Å². The van der Waals surface area contributed by atoms with Crippen molar-refractivity contribution < 1.29 is 29.3 Å². The molecule has 0 saturated carbocycles. The molecule has 1 fully saturated rings. The van der Waals surface area contributed by atoms with E-state index in [1.807, 2.05) is 0 Å². The van der Waals surface area contributed by atoms with Crippen molar-refractivity contribution >= 4 is 28.8 Å². The number of aromatic amines is 1. The number of ether oxygens (including phenoxy) is 1. The fraction of sp³-hybridized carbons (Fsp3) is 0.364. The number of aliphatic hydroxyl groups excluding tert-OH is 2. The second-order valence-electron chi connectivity index (χ2n) is 8.34. The van der Waals surface area contributed by atoms with Crippen LogP contribution in [0.3, 0.4) is 0 Å². The van der Waals surface area contributed by atoms with E-state index in [2.05, 4.69) is 15.0 Å². The molecule has 1 saturated heterocycles. The summed E-state index contributed by atoms with van der Waals surface area (Å²) >= 11 is 0. The lowest BCUT2D eigenvalue weighted by Gasteiger charge is -2.16. The Labute approximate surface area is 191 Å². The van der Waals surface area contributed by atoms with Gasteiger partial charge in [-0.2, -0.15) is 0 Å². The first-order valence-electron chi connectivity index (χ1n) is 10.7. The number of H-pyrrole nitrogens is 1. The van der Waals surface area contributed by atoms with Crippen LogP contribution in [0.25, 0.3) is 11.2 Å². The minimum atomic E-state index is -1.35. The molecule has 2 aliphatic rings. The molecule has 12 heteroatoms. The molecule has 2 aliphatic heterocycles. The van der Waals surface area contributed by atoms with Crippen molar-refractivity contribution in [1.82, 2.24) is 24.4 Å². The molecule has 1 aromatic carbocycles. The second-order valence-corrected chi connectivity index (χ2v) is 8.34. The number of benzene rings is 1. The number of nitrogens with one attached hydrogen (secondary N) is 1. The van der Waals surface area contributed by atoms with Gasteiger partial charge < -0.3 is 19.9 Å². The monoisotopic (exact) mass is 467 g/mol. The quantitative estimate of drug-likeness (QED) is 0.412. The van der Waals surface area contributed by atoms with Gasteiger partial charge in [-0.25, -0.2) is 9.97 Å². The van der Waals surface area contributed by atoms with Gasteiger partial charge in [-0.1, -0.05) is 12.1 Å². The Bertz CT molecular complexity index is 1340. The maximum Gasteiger partial charge on any atom is 0.279 e. The van der Waals surface area contributed by atoms with Crippen LogP contribution in [0.15, 0.2) is 35.4 Å². The van der Waals surface area contributed by atoms with Gasteiger partial charge in [0.15, 0.2) is 23.2 Å². The highest BCUT2D eigenvalue weighted by Crippen LogP contribution is 2.33. The predicted molar refractivity (Wildman–Crippen MR) is 115 cm³/mol. The summed E-state index contributed by atoms with van der Waals surface area (Å²) in [6, 6.07) is 6.36. The average molecular weight is 467 g/mol. The number of amides is 2. The number of hydrogen-bond acceptors (Lipinski definition) is 9. The molecule has 4 heterocycles. The van der Waals surface area contributed by atoms with E-state index in [0.29, 0.717) is 5.82 Å². The number of aromatic nitrogens is 4. The minimum Gasteiger partial charge on any atom is -0.388 e. The summed E-state index contributed by atoms with van der Waals surface area (Å²) in [4.78, 5) is 61.2. The Morgan fingerprint density at radius 3 is 2.47 bits per heavy atom. The molecular formula is C22H21N5O7. The summed E-state index contributed by atoms with van der Waals surface area (Å²) in [6.45, 7) is 1.21. The third-order valence-corrected chi connectivity index (χ3v) is 6.08. The molecule has 3 aromatic rings. The van der Waals surface area contributed by atoms with Crippen molar-refractivity contribution in [3.05, 3.63) is 57.9 Å². The van der Waals surface area contributed by atoms with E-state index in [1.54, 1.807) is 19.1 Å². The van der Waals surface area contributed by atoms with Crippen LogP contribution >= 0.6 is 0 Å². The van der Waals surface area contributed by atoms with E-state index >= 15 is 0 Å². The molecule has 0 radical (unpaired) electrons. The number of aliphatic hydroxyl groups is 2. The van der Waals surface area contributed by atoms with Gasteiger partial charge in [0.2, 0.25) is 0 Å². The molecule has 34 heavy (non-hydrogen) atoms. The topological polar surface area (TPSA) is 168 Å². The molecule has 2 aromatic heterocycles. The fourth-order valence-electron chi connectivity index (χ4n) is 4.36. The van der Waals surface area contributed by atoms with Gasteiger partial charge in [0.05, 0.1) is 30.1 Å². The summed E-state index contributed by atoms with van der Waals surface area (Å²) in [5, 5.41) is 21.0. The third kappa shape index (κ3) is 3.52. The highest BCUT2D eigenvalue weighted by atomic mass is 16.6. The molecule has 0 bridgehead atoms. The van der Waals surface area contributed by atoms with Gasteiger partial charge in [-0.3, -0.25) is 28.6 Å². The van der Waals surface area contributed by atoms with Crippen molar-refractivity contribution in [3.63, 3.8) is 0 Å². The fourth-order valence-corrected chi connectivity index (χ4v) is 4.36. The highest BCUT2D eigenvalue weighted by molar-refractivity contribution is 6.22. The van der Waals surface area contributed by atoms with Crippen LogP contribution in [0.4, 0.5) is 0 Å².